The van der Waals surface area contributed by atoms with E-state index in [1.165, 1.54) is 12.8 Å². The molecular formula is C13H14ClN3O. The zero-order valence-corrected chi connectivity index (χ0v) is 10.7. The summed E-state index contributed by atoms with van der Waals surface area (Å²) >= 11 is 5.95. The average molecular weight is 264 g/mol. The van der Waals surface area contributed by atoms with Gasteiger partial charge < -0.3 is 9.84 Å². The molecular weight excluding hydrogens is 250 g/mol. The van der Waals surface area contributed by atoms with E-state index in [9.17, 15) is 0 Å². The molecule has 1 unspecified atom stereocenters. The van der Waals surface area contributed by atoms with Crippen LogP contribution in [0.15, 0.2) is 28.8 Å². The van der Waals surface area contributed by atoms with Gasteiger partial charge in [-0.1, -0.05) is 29.2 Å². The Morgan fingerprint density at radius 1 is 1.33 bits per heavy atom. The highest BCUT2D eigenvalue weighted by atomic mass is 35.5. The second-order valence-electron chi connectivity index (χ2n) is 4.47. The van der Waals surface area contributed by atoms with Crippen molar-refractivity contribution in [2.75, 3.05) is 6.54 Å². The van der Waals surface area contributed by atoms with Crippen molar-refractivity contribution in [1.29, 1.82) is 0 Å². The van der Waals surface area contributed by atoms with Crippen molar-refractivity contribution in [3.05, 3.63) is 35.1 Å². The highest BCUT2D eigenvalue weighted by molar-refractivity contribution is 6.30. The fourth-order valence-electron chi connectivity index (χ4n) is 2.19. The topological polar surface area (TPSA) is 51.0 Å². The van der Waals surface area contributed by atoms with Crippen LogP contribution in [-0.2, 0) is 0 Å². The van der Waals surface area contributed by atoms with E-state index in [1.54, 1.807) is 0 Å². The summed E-state index contributed by atoms with van der Waals surface area (Å²) in [7, 11) is 0. The number of hydrogen-bond acceptors (Lipinski definition) is 4. The molecule has 1 aliphatic heterocycles. The maximum Gasteiger partial charge on any atom is 0.258 e. The van der Waals surface area contributed by atoms with Gasteiger partial charge in [0.15, 0.2) is 5.82 Å². The minimum absolute atomic E-state index is 0.218. The Labute approximate surface area is 110 Å². The minimum atomic E-state index is 0.218. The van der Waals surface area contributed by atoms with Crippen molar-refractivity contribution in [1.82, 2.24) is 15.5 Å². The Kier molecular flexibility index (Phi) is 3.30. The second-order valence-corrected chi connectivity index (χ2v) is 4.91. The van der Waals surface area contributed by atoms with Gasteiger partial charge in [-0.3, -0.25) is 0 Å². The molecule has 0 spiro atoms. The van der Waals surface area contributed by atoms with Gasteiger partial charge >= 0.3 is 0 Å². The van der Waals surface area contributed by atoms with Gasteiger partial charge in [0.2, 0.25) is 0 Å². The number of hydrogen-bond donors (Lipinski definition) is 1. The quantitative estimate of drug-likeness (QED) is 0.904. The highest BCUT2D eigenvalue weighted by Gasteiger charge is 2.20. The Morgan fingerprint density at radius 2 is 2.28 bits per heavy atom. The predicted octanol–water partition coefficient (Wildman–Crippen LogP) is 3.20. The lowest BCUT2D eigenvalue weighted by Crippen LogP contribution is -2.27. The molecule has 0 bridgehead atoms. The summed E-state index contributed by atoms with van der Waals surface area (Å²) in [4.78, 5) is 4.45. The van der Waals surface area contributed by atoms with Crippen LogP contribution < -0.4 is 5.32 Å². The summed E-state index contributed by atoms with van der Waals surface area (Å²) < 4.78 is 5.30. The molecule has 0 amide bonds. The van der Waals surface area contributed by atoms with E-state index < -0.39 is 0 Å². The van der Waals surface area contributed by atoms with Gasteiger partial charge in [-0.25, -0.2) is 0 Å². The molecule has 2 aromatic rings. The number of benzene rings is 1. The molecule has 1 fully saturated rings. The predicted molar refractivity (Wildman–Crippen MR) is 69.3 cm³/mol. The van der Waals surface area contributed by atoms with Crippen LogP contribution in [0.2, 0.25) is 5.02 Å². The van der Waals surface area contributed by atoms with Crippen LogP contribution in [0, 0.1) is 0 Å². The van der Waals surface area contributed by atoms with Crippen molar-refractivity contribution < 1.29 is 4.52 Å². The first-order chi connectivity index (χ1) is 8.83. The normalized spacial score (nSPS) is 19.9. The Hall–Kier alpha value is -1.39. The summed E-state index contributed by atoms with van der Waals surface area (Å²) in [5, 5.41) is 8.12. The monoisotopic (exact) mass is 263 g/mol. The first-order valence-electron chi connectivity index (χ1n) is 6.16. The number of halogens is 1. The van der Waals surface area contributed by atoms with E-state index in [4.69, 9.17) is 16.1 Å². The molecule has 5 heteroatoms. The molecule has 0 aliphatic carbocycles. The van der Waals surface area contributed by atoms with Crippen LogP contribution >= 0.6 is 11.6 Å². The molecule has 18 heavy (non-hydrogen) atoms. The third kappa shape index (κ3) is 2.40. The van der Waals surface area contributed by atoms with Crippen LogP contribution in [0.4, 0.5) is 0 Å². The molecule has 2 heterocycles. The van der Waals surface area contributed by atoms with Crippen molar-refractivity contribution in [2.45, 2.75) is 25.3 Å². The standard InChI is InChI=1S/C13H14ClN3O/c14-10-5-3-4-9(8-10)13-16-12(17-18-13)11-6-1-2-7-15-11/h3-5,8,11,15H,1-2,6-7H2. The lowest BCUT2D eigenvalue weighted by atomic mass is 10.0. The molecule has 1 N–H and O–H groups in total. The average Bonchev–Trinajstić information content (AvgIpc) is 2.89. The maximum absolute atomic E-state index is 5.95. The lowest BCUT2D eigenvalue weighted by Gasteiger charge is -2.19. The van der Waals surface area contributed by atoms with E-state index in [0.29, 0.717) is 10.9 Å². The summed E-state index contributed by atoms with van der Waals surface area (Å²) in [6, 6.07) is 7.66. The Bertz CT molecular complexity index is 535. The number of nitrogens with zero attached hydrogens (tertiary/aromatic N) is 2. The van der Waals surface area contributed by atoms with Crippen molar-refractivity contribution in [3.63, 3.8) is 0 Å². The van der Waals surface area contributed by atoms with E-state index in [-0.39, 0.29) is 6.04 Å². The van der Waals surface area contributed by atoms with Gasteiger partial charge in [-0.05, 0) is 37.6 Å². The smallest absolute Gasteiger partial charge is 0.258 e. The second kappa shape index (κ2) is 5.08. The van der Waals surface area contributed by atoms with Crippen molar-refractivity contribution in [2.24, 2.45) is 0 Å². The van der Waals surface area contributed by atoms with E-state index >= 15 is 0 Å². The lowest BCUT2D eigenvalue weighted by molar-refractivity contribution is 0.367. The van der Waals surface area contributed by atoms with Crippen molar-refractivity contribution in [3.8, 4) is 11.5 Å². The number of piperidine rings is 1. The van der Waals surface area contributed by atoms with Crippen LogP contribution in [0.5, 0.6) is 0 Å². The van der Waals surface area contributed by atoms with Gasteiger partial charge in [0.1, 0.15) is 0 Å². The zero-order valence-electron chi connectivity index (χ0n) is 9.90. The maximum atomic E-state index is 5.95. The van der Waals surface area contributed by atoms with Gasteiger partial charge in [0, 0.05) is 10.6 Å². The molecule has 1 aromatic heterocycles. The fourth-order valence-corrected chi connectivity index (χ4v) is 2.38. The number of aromatic nitrogens is 2. The fraction of sp³-hybridized carbons (Fsp3) is 0.385. The summed E-state index contributed by atoms with van der Waals surface area (Å²) in [5.41, 5.74) is 0.858. The van der Waals surface area contributed by atoms with Crippen LogP contribution in [0.1, 0.15) is 31.1 Å². The number of rotatable bonds is 2. The van der Waals surface area contributed by atoms with Crippen LogP contribution in [0.25, 0.3) is 11.5 Å². The Morgan fingerprint density at radius 3 is 3.06 bits per heavy atom. The molecule has 0 saturated carbocycles. The van der Waals surface area contributed by atoms with E-state index in [1.807, 2.05) is 24.3 Å². The molecule has 4 nitrogen and oxygen atoms in total. The third-order valence-electron chi connectivity index (χ3n) is 3.14. The first-order valence-corrected chi connectivity index (χ1v) is 6.53. The van der Waals surface area contributed by atoms with E-state index in [2.05, 4.69) is 15.5 Å². The van der Waals surface area contributed by atoms with Gasteiger partial charge in [0.05, 0.1) is 6.04 Å². The zero-order chi connectivity index (χ0) is 12.4. The molecule has 0 radical (unpaired) electrons. The van der Waals surface area contributed by atoms with Crippen molar-refractivity contribution >= 4 is 11.6 Å². The molecule has 1 aliphatic rings. The SMILES string of the molecule is Clc1cccc(-c2nc(C3CCCCN3)no2)c1. The van der Waals surface area contributed by atoms with Crippen LogP contribution in [0.3, 0.4) is 0 Å². The third-order valence-corrected chi connectivity index (χ3v) is 3.37. The highest BCUT2D eigenvalue weighted by Crippen LogP contribution is 2.25. The Balaban J connectivity index is 1.84. The largest absolute Gasteiger partial charge is 0.334 e. The molecule has 1 atom stereocenters. The molecule has 1 aromatic carbocycles. The van der Waals surface area contributed by atoms with Gasteiger partial charge in [-0.15, -0.1) is 0 Å². The summed E-state index contributed by atoms with van der Waals surface area (Å²) in [6.45, 7) is 1.02. The summed E-state index contributed by atoms with van der Waals surface area (Å²) in [6.07, 6.45) is 3.49. The molecule has 1 saturated heterocycles. The van der Waals surface area contributed by atoms with Crippen LogP contribution in [-0.4, -0.2) is 16.7 Å². The number of nitrogens with one attached hydrogen (secondary N) is 1. The summed E-state index contributed by atoms with van der Waals surface area (Å²) in [5.74, 6) is 1.27. The minimum Gasteiger partial charge on any atom is -0.334 e. The molecule has 3 rings (SSSR count). The first kappa shape index (κ1) is 11.7. The van der Waals surface area contributed by atoms with Gasteiger partial charge in [0.25, 0.3) is 5.89 Å². The molecule has 94 valence electrons. The van der Waals surface area contributed by atoms with Gasteiger partial charge in [-0.2, -0.15) is 4.98 Å². The van der Waals surface area contributed by atoms with E-state index in [0.717, 1.165) is 24.4 Å².